The standard InChI is InChI=1S/C21H19NO/c1-2-8-16(9-3-1)21-20-17-10-5-4-7-15(17)12-13-18(20)23-19-11-6-14-22(19)21/h1-5,7-10,12-13,19,21H,6,11,14H2/t19-,21+/m0/s1. The smallest absolute Gasteiger partial charge is 0.153 e. The van der Waals surface area contributed by atoms with Crippen LogP contribution in [0, 0.1) is 0 Å². The minimum absolute atomic E-state index is 0.217. The minimum Gasteiger partial charge on any atom is -0.475 e. The summed E-state index contributed by atoms with van der Waals surface area (Å²) in [5.41, 5.74) is 2.69. The molecule has 2 aliphatic rings. The molecule has 0 unspecified atom stereocenters. The SMILES string of the molecule is c1ccc([C@@H]2c3c(ccc4ccccc34)O[C@H]3CCCN23)cc1. The van der Waals surface area contributed by atoms with E-state index >= 15 is 0 Å². The van der Waals surface area contributed by atoms with Crippen LogP contribution in [0.15, 0.2) is 66.7 Å². The molecule has 0 bridgehead atoms. The Balaban J connectivity index is 1.80. The summed E-state index contributed by atoms with van der Waals surface area (Å²) in [4.78, 5) is 2.53. The lowest BCUT2D eigenvalue weighted by Crippen LogP contribution is -2.41. The lowest BCUT2D eigenvalue weighted by atomic mass is 9.90. The Bertz CT molecular complexity index is 858. The molecule has 5 rings (SSSR count). The molecule has 3 aromatic carbocycles. The molecule has 0 aliphatic carbocycles. The Morgan fingerprint density at radius 1 is 0.870 bits per heavy atom. The Kier molecular flexibility index (Phi) is 2.92. The minimum atomic E-state index is 0.217. The van der Waals surface area contributed by atoms with Crippen LogP contribution in [0.2, 0.25) is 0 Å². The van der Waals surface area contributed by atoms with Crippen molar-refractivity contribution < 1.29 is 4.74 Å². The van der Waals surface area contributed by atoms with Crippen LogP contribution < -0.4 is 4.74 Å². The third-order valence-corrected chi connectivity index (χ3v) is 5.15. The monoisotopic (exact) mass is 301 g/mol. The molecule has 0 N–H and O–H groups in total. The molecule has 1 saturated heterocycles. The Morgan fingerprint density at radius 2 is 1.70 bits per heavy atom. The average Bonchev–Trinajstić information content (AvgIpc) is 3.08. The van der Waals surface area contributed by atoms with Crippen LogP contribution in [0.3, 0.4) is 0 Å². The van der Waals surface area contributed by atoms with E-state index in [2.05, 4.69) is 71.6 Å². The fourth-order valence-corrected chi connectivity index (χ4v) is 4.15. The van der Waals surface area contributed by atoms with Gasteiger partial charge < -0.3 is 4.74 Å². The fraction of sp³-hybridized carbons (Fsp3) is 0.238. The molecule has 114 valence electrons. The zero-order valence-electron chi connectivity index (χ0n) is 13.0. The summed E-state index contributed by atoms with van der Waals surface area (Å²) in [7, 11) is 0. The first-order valence-corrected chi connectivity index (χ1v) is 8.41. The van der Waals surface area contributed by atoms with Crippen LogP contribution in [0.5, 0.6) is 5.75 Å². The second kappa shape index (κ2) is 5.10. The molecule has 2 heterocycles. The van der Waals surface area contributed by atoms with Gasteiger partial charge in [0.15, 0.2) is 6.23 Å². The number of ether oxygens (including phenoxy) is 1. The van der Waals surface area contributed by atoms with Crippen molar-refractivity contribution in [2.75, 3.05) is 6.54 Å². The van der Waals surface area contributed by atoms with Gasteiger partial charge in [0.25, 0.3) is 0 Å². The molecule has 3 aromatic rings. The van der Waals surface area contributed by atoms with Gasteiger partial charge in [0.2, 0.25) is 0 Å². The van der Waals surface area contributed by atoms with Gasteiger partial charge in [-0.25, -0.2) is 0 Å². The number of fused-ring (bicyclic) bond motifs is 4. The third kappa shape index (κ3) is 1.98. The van der Waals surface area contributed by atoms with Crippen molar-refractivity contribution in [3.8, 4) is 5.75 Å². The molecule has 23 heavy (non-hydrogen) atoms. The lowest BCUT2D eigenvalue weighted by molar-refractivity contribution is 0.0176. The summed E-state index contributed by atoms with van der Waals surface area (Å²) < 4.78 is 6.34. The molecular weight excluding hydrogens is 282 g/mol. The van der Waals surface area contributed by atoms with E-state index in [1.165, 1.54) is 28.3 Å². The molecule has 1 fully saturated rings. The number of benzene rings is 3. The van der Waals surface area contributed by atoms with Gasteiger partial charge in [-0.15, -0.1) is 0 Å². The highest BCUT2D eigenvalue weighted by Crippen LogP contribution is 2.46. The summed E-state index contributed by atoms with van der Waals surface area (Å²) in [5.74, 6) is 1.06. The van der Waals surface area contributed by atoms with E-state index in [1.807, 2.05) is 0 Å². The summed E-state index contributed by atoms with van der Waals surface area (Å²) >= 11 is 0. The summed E-state index contributed by atoms with van der Waals surface area (Å²) in [6.45, 7) is 1.10. The number of hydrogen-bond acceptors (Lipinski definition) is 2. The highest BCUT2D eigenvalue weighted by molar-refractivity contribution is 5.89. The zero-order chi connectivity index (χ0) is 15.2. The van der Waals surface area contributed by atoms with Gasteiger partial charge in [0.1, 0.15) is 5.75 Å². The maximum absolute atomic E-state index is 6.34. The van der Waals surface area contributed by atoms with Gasteiger partial charge in [0, 0.05) is 12.1 Å². The van der Waals surface area contributed by atoms with E-state index in [9.17, 15) is 0 Å². The molecule has 2 atom stereocenters. The predicted molar refractivity (Wildman–Crippen MR) is 92.6 cm³/mol. The first-order valence-electron chi connectivity index (χ1n) is 8.41. The number of rotatable bonds is 1. The maximum atomic E-state index is 6.34. The molecular formula is C21H19NO. The van der Waals surface area contributed by atoms with Crippen LogP contribution in [0.1, 0.15) is 30.0 Å². The van der Waals surface area contributed by atoms with Crippen molar-refractivity contribution in [2.45, 2.75) is 25.1 Å². The molecule has 0 saturated carbocycles. The van der Waals surface area contributed by atoms with E-state index in [-0.39, 0.29) is 6.23 Å². The van der Waals surface area contributed by atoms with Crippen molar-refractivity contribution in [3.63, 3.8) is 0 Å². The highest BCUT2D eigenvalue weighted by atomic mass is 16.5. The summed E-state index contributed by atoms with van der Waals surface area (Å²) in [5, 5.41) is 2.60. The molecule has 2 heteroatoms. The van der Waals surface area contributed by atoms with Gasteiger partial charge >= 0.3 is 0 Å². The molecule has 2 aliphatic heterocycles. The second-order valence-corrected chi connectivity index (χ2v) is 6.46. The van der Waals surface area contributed by atoms with Gasteiger partial charge in [-0.3, -0.25) is 4.90 Å². The Hall–Kier alpha value is -2.32. The number of nitrogens with zero attached hydrogens (tertiary/aromatic N) is 1. The first kappa shape index (κ1) is 13.1. The van der Waals surface area contributed by atoms with Crippen LogP contribution in [-0.2, 0) is 0 Å². The second-order valence-electron chi connectivity index (χ2n) is 6.46. The van der Waals surface area contributed by atoms with Crippen molar-refractivity contribution in [3.05, 3.63) is 77.9 Å². The maximum Gasteiger partial charge on any atom is 0.153 e. The highest BCUT2D eigenvalue weighted by Gasteiger charge is 2.40. The Labute approximate surface area is 136 Å². The molecule has 2 nitrogen and oxygen atoms in total. The van der Waals surface area contributed by atoms with Gasteiger partial charge in [-0.1, -0.05) is 60.7 Å². The van der Waals surface area contributed by atoms with Gasteiger partial charge in [-0.05, 0) is 35.2 Å². The van der Waals surface area contributed by atoms with E-state index < -0.39 is 0 Å². The average molecular weight is 301 g/mol. The van der Waals surface area contributed by atoms with Crippen molar-refractivity contribution in [2.24, 2.45) is 0 Å². The van der Waals surface area contributed by atoms with E-state index in [1.54, 1.807) is 0 Å². The van der Waals surface area contributed by atoms with Gasteiger partial charge in [0.05, 0.1) is 6.04 Å². The van der Waals surface area contributed by atoms with Crippen LogP contribution in [-0.4, -0.2) is 17.7 Å². The van der Waals surface area contributed by atoms with Crippen molar-refractivity contribution in [1.29, 1.82) is 0 Å². The van der Waals surface area contributed by atoms with Crippen LogP contribution in [0.4, 0.5) is 0 Å². The van der Waals surface area contributed by atoms with E-state index in [0.29, 0.717) is 6.04 Å². The quantitative estimate of drug-likeness (QED) is 0.643. The predicted octanol–water partition coefficient (Wildman–Crippen LogP) is 4.74. The van der Waals surface area contributed by atoms with E-state index in [0.717, 1.165) is 18.7 Å². The molecule has 0 aromatic heterocycles. The number of hydrogen-bond donors (Lipinski definition) is 0. The third-order valence-electron chi connectivity index (χ3n) is 5.15. The summed E-state index contributed by atoms with van der Waals surface area (Å²) in [6, 6.07) is 24.1. The largest absolute Gasteiger partial charge is 0.475 e. The van der Waals surface area contributed by atoms with E-state index in [4.69, 9.17) is 4.74 Å². The van der Waals surface area contributed by atoms with Crippen molar-refractivity contribution in [1.82, 2.24) is 4.90 Å². The first-order chi connectivity index (χ1) is 11.4. The lowest BCUT2D eigenvalue weighted by Gasteiger charge is -2.40. The summed E-state index contributed by atoms with van der Waals surface area (Å²) in [6.07, 6.45) is 2.55. The fourth-order valence-electron chi connectivity index (χ4n) is 4.15. The molecule has 0 amide bonds. The van der Waals surface area contributed by atoms with Gasteiger partial charge in [-0.2, -0.15) is 0 Å². The van der Waals surface area contributed by atoms with Crippen LogP contribution in [0.25, 0.3) is 10.8 Å². The zero-order valence-corrected chi connectivity index (χ0v) is 13.0. The topological polar surface area (TPSA) is 12.5 Å². The molecule has 0 radical (unpaired) electrons. The molecule has 0 spiro atoms. The van der Waals surface area contributed by atoms with Crippen molar-refractivity contribution >= 4 is 10.8 Å². The Morgan fingerprint density at radius 3 is 2.61 bits per heavy atom. The normalized spacial score (nSPS) is 23.3. The van der Waals surface area contributed by atoms with Crippen LogP contribution >= 0.6 is 0 Å².